The van der Waals surface area contributed by atoms with Crippen molar-refractivity contribution in [3.63, 3.8) is 0 Å². The van der Waals surface area contributed by atoms with Crippen molar-refractivity contribution in [2.24, 2.45) is 0 Å². The number of amides is 3. The van der Waals surface area contributed by atoms with Gasteiger partial charge < -0.3 is 15.1 Å². The minimum Gasteiger partial charge on any atom is -0.355 e. The molecular formula is C36H37N5O3. The summed E-state index contributed by atoms with van der Waals surface area (Å²) in [5.41, 5.74) is 5.34. The molecule has 3 amide bonds. The minimum absolute atomic E-state index is 0.00409. The molecule has 2 aliphatic heterocycles. The van der Waals surface area contributed by atoms with Gasteiger partial charge in [0.15, 0.2) is 0 Å². The number of hydrogen-bond donors (Lipinski definition) is 1. The number of nitrogens with one attached hydrogen (secondary N) is 1. The predicted octanol–water partition coefficient (Wildman–Crippen LogP) is 4.84. The normalized spacial score (nSPS) is 16.0. The fourth-order valence-electron chi connectivity index (χ4n) is 6.17. The highest BCUT2D eigenvalue weighted by Crippen LogP contribution is 2.26. The van der Waals surface area contributed by atoms with Gasteiger partial charge in [0, 0.05) is 80.2 Å². The quantitative estimate of drug-likeness (QED) is 0.349. The molecule has 2 fully saturated rings. The molecule has 3 heterocycles. The van der Waals surface area contributed by atoms with Crippen LogP contribution in [-0.4, -0.2) is 89.8 Å². The van der Waals surface area contributed by atoms with Crippen LogP contribution in [0.25, 0.3) is 22.5 Å². The summed E-state index contributed by atoms with van der Waals surface area (Å²) in [5.74, 6) is -0.130. The fraction of sp³-hybridized carbons (Fsp3) is 0.278. The monoisotopic (exact) mass is 587 g/mol. The maximum Gasteiger partial charge on any atom is 0.254 e. The smallest absolute Gasteiger partial charge is 0.254 e. The minimum atomic E-state index is -0.166. The summed E-state index contributed by atoms with van der Waals surface area (Å²) >= 11 is 0. The first-order valence-electron chi connectivity index (χ1n) is 15.3. The molecule has 224 valence electrons. The first-order valence-corrected chi connectivity index (χ1v) is 15.3. The van der Waals surface area contributed by atoms with Crippen LogP contribution in [0.2, 0.25) is 0 Å². The molecule has 8 heteroatoms. The first-order chi connectivity index (χ1) is 21.5. The van der Waals surface area contributed by atoms with Gasteiger partial charge in [-0.05, 0) is 49.2 Å². The van der Waals surface area contributed by atoms with Gasteiger partial charge >= 0.3 is 0 Å². The van der Waals surface area contributed by atoms with Gasteiger partial charge in [0.2, 0.25) is 0 Å². The molecule has 1 aromatic heterocycles. The summed E-state index contributed by atoms with van der Waals surface area (Å²) in [5, 5.41) is 2.60. The summed E-state index contributed by atoms with van der Waals surface area (Å²) in [6.07, 6.45) is 1.81. The molecular weight excluding hydrogens is 550 g/mol. The van der Waals surface area contributed by atoms with Crippen molar-refractivity contribution in [2.75, 3.05) is 46.3 Å². The number of likely N-dealkylation sites (tertiary alicyclic amines) is 1. The Morgan fingerprint density at radius 1 is 0.614 bits per heavy atom. The van der Waals surface area contributed by atoms with Gasteiger partial charge in [-0.15, -0.1) is 0 Å². The second-order valence-corrected chi connectivity index (χ2v) is 11.4. The van der Waals surface area contributed by atoms with Gasteiger partial charge in [-0.25, -0.2) is 4.98 Å². The largest absolute Gasteiger partial charge is 0.355 e. The molecule has 44 heavy (non-hydrogen) atoms. The van der Waals surface area contributed by atoms with E-state index in [1.54, 1.807) is 31.3 Å². The Balaban J connectivity index is 1.07. The number of benzene rings is 3. The molecule has 0 aliphatic carbocycles. The van der Waals surface area contributed by atoms with E-state index in [-0.39, 0.29) is 17.7 Å². The van der Waals surface area contributed by atoms with E-state index in [2.05, 4.69) is 10.2 Å². The lowest BCUT2D eigenvalue weighted by Crippen LogP contribution is -2.54. The molecule has 0 spiro atoms. The number of rotatable bonds is 6. The second-order valence-electron chi connectivity index (χ2n) is 11.4. The van der Waals surface area contributed by atoms with Crippen LogP contribution in [-0.2, 0) is 0 Å². The number of piperidine rings is 1. The van der Waals surface area contributed by atoms with Crippen LogP contribution in [0, 0.1) is 0 Å². The predicted molar refractivity (Wildman–Crippen MR) is 171 cm³/mol. The third-order valence-corrected chi connectivity index (χ3v) is 8.70. The van der Waals surface area contributed by atoms with Crippen LogP contribution in [0.4, 0.5) is 0 Å². The van der Waals surface area contributed by atoms with E-state index < -0.39 is 0 Å². The van der Waals surface area contributed by atoms with Gasteiger partial charge in [-0.1, -0.05) is 60.7 Å². The fourth-order valence-corrected chi connectivity index (χ4v) is 6.17. The maximum atomic E-state index is 13.8. The molecule has 8 nitrogen and oxygen atoms in total. The van der Waals surface area contributed by atoms with E-state index in [0.717, 1.165) is 48.4 Å². The van der Waals surface area contributed by atoms with Crippen LogP contribution in [0.1, 0.15) is 43.9 Å². The zero-order chi connectivity index (χ0) is 30.5. The molecule has 0 radical (unpaired) electrons. The van der Waals surface area contributed by atoms with Crippen LogP contribution in [0.15, 0.2) is 97.1 Å². The van der Waals surface area contributed by atoms with Crippen LogP contribution in [0.5, 0.6) is 0 Å². The molecule has 0 saturated carbocycles. The molecule has 1 N–H and O–H groups in total. The summed E-state index contributed by atoms with van der Waals surface area (Å²) in [7, 11) is 1.59. The Morgan fingerprint density at radius 3 is 1.61 bits per heavy atom. The number of aromatic nitrogens is 1. The third kappa shape index (κ3) is 6.40. The number of carbonyl (C=O) groups excluding carboxylic acids is 3. The zero-order valence-corrected chi connectivity index (χ0v) is 25.0. The lowest BCUT2D eigenvalue weighted by atomic mass is 10.0. The Labute approximate surface area is 258 Å². The molecule has 0 bridgehead atoms. The standard InChI is InChI=1S/C36H37N5O3/c1-37-34(42)28-12-14-29(15-13-28)35(43)40-18-16-31(17-19-40)39-20-22-41(23-21-39)36(44)30-24-32(26-8-4-2-5-9-26)38-33(25-30)27-10-6-3-7-11-27/h2-15,24-25,31H,16-23H2,1H3,(H,37,42). The maximum absolute atomic E-state index is 13.8. The average Bonchev–Trinajstić information content (AvgIpc) is 3.11. The third-order valence-electron chi connectivity index (χ3n) is 8.70. The highest BCUT2D eigenvalue weighted by molar-refractivity contribution is 5.98. The zero-order valence-electron chi connectivity index (χ0n) is 25.0. The summed E-state index contributed by atoms with van der Waals surface area (Å²) in [6.45, 7) is 4.35. The molecule has 0 atom stereocenters. The van der Waals surface area contributed by atoms with Crippen molar-refractivity contribution in [1.29, 1.82) is 0 Å². The average molecular weight is 588 g/mol. The summed E-state index contributed by atoms with van der Waals surface area (Å²) < 4.78 is 0. The van der Waals surface area contributed by atoms with Gasteiger partial charge in [0.05, 0.1) is 11.4 Å². The molecule has 6 rings (SSSR count). The van der Waals surface area contributed by atoms with E-state index in [1.165, 1.54) is 0 Å². The lowest BCUT2D eigenvalue weighted by Gasteiger charge is -2.42. The second kappa shape index (κ2) is 13.2. The SMILES string of the molecule is CNC(=O)c1ccc(C(=O)N2CCC(N3CCN(C(=O)c4cc(-c5ccccc5)nc(-c5ccccc5)c4)CC3)CC2)cc1. The van der Waals surface area contributed by atoms with Crippen molar-refractivity contribution in [2.45, 2.75) is 18.9 Å². The molecule has 2 aliphatic rings. The van der Waals surface area contributed by atoms with E-state index >= 15 is 0 Å². The first kappa shape index (κ1) is 29.3. The Morgan fingerprint density at radius 2 is 1.09 bits per heavy atom. The Hall–Kier alpha value is -4.82. The highest BCUT2D eigenvalue weighted by Gasteiger charge is 2.31. The summed E-state index contributed by atoms with van der Waals surface area (Å²) in [6, 6.07) is 31.0. The molecule has 0 unspecified atom stereocenters. The van der Waals surface area contributed by atoms with Gasteiger partial charge in [-0.2, -0.15) is 0 Å². The van der Waals surface area contributed by atoms with E-state index in [0.29, 0.717) is 48.9 Å². The Bertz CT molecular complexity index is 1550. The van der Waals surface area contributed by atoms with Crippen molar-refractivity contribution in [3.05, 3.63) is 114 Å². The van der Waals surface area contributed by atoms with Crippen LogP contribution in [0.3, 0.4) is 0 Å². The molecule has 2 saturated heterocycles. The van der Waals surface area contributed by atoms with Crippen LogP contribution >= 0.6 is 0 Å². The number of carbonyl (C=O) groups is 3. The number of piperazine rings is 1. The number of hydrogen-bond acceptors (Lipinski definition) is 5. The van der Waals surface area contributed by atoms with Crippen molar-refractivity contribution < 1.29 is 14.4 Å². The summed E-state index contributed by atoms with van der Waals surface area (Å²) in [4.78, 5) is 49.9. The van der Waals surface area contributed by atoms with Gasteiger partial charge in [0.25, 0.3) is 17.7 Å². The van der Waals surface area contributed by atoms with Gasteiger partial charge in [0.1, 0.15) is 0 Å². The van der Waals surface area contributed by atoms with Crippen molar-refractivity contribution in [3.8, 4) is 22.5 Å². The topological polar surface area (TPSA) is 85.9 Å². The van der Waals surface area contributed by atoms with Crippen LogP contribution < -0.4 is 5.32 Å². The van der Waals surface area contributed by atoms with E-state index in [4.69, 9.17) is 4.98 Å². The number of nitrogens with zero attached hydrogens (tertiary/aromatic N) is 4. The molecule has 3 aromatic carbocycles. The molecule has 4 aromatic rings. The lowest BCUT2D eigenvalue weighted by molar-refractivity contribution is 0.0412. The van der Waals surface area contributed by atoms with Crippen molar-refractivity contribution >= 4 is 17.7 Å². The van der Waals surface area contributed by atoms with Crippen molar-refractivity contribution in [1.82, 2.24) is 25.0 Å². The highest BCUT2D eigenvalue weighted by atomic mass is 16.2. The Kier molecular flexibility index (Phi) is 8.79. The number of pyridine rings is 1. The van der Waals surface area contributed by atoms with Gasteiger partial charge in [-0.3, -0.25) is 19.3 Å². The van der Waals surface area contributed by atoms with E-state index in [9.17, 15) is 14.4 Å². The van der Waals surface area contributed by atoms with E-state index in [1.807, 2.05) is 82.6 Å².